The van der Waals surface area contributed by atoms with Crippen molar-refractivity contribution in [3.05, 3.63) is 95.8 Å². The van der Waals surface area contributed by atoms with Crippen molar-refractivity contribution < 1.29 is 9.18 Å². The van der Waals surface area contributed by atoms with Gasteiger partial charge in [-0.3, -0.25) is 9.36 Å². The second kappa shape index (κ2) is 9.22. The topological polar surface area (TPSA) is 111 Å². The van der Waals surface area contributed by atoms with Gasteiger partial charge in [-0.2, -0.15) is 0 Å². The molecule has 0 aliphatic rings. The number of carbonyl (C=O) groups is 1. The summed E-state index contributed by atoms with van der Waals surface area (Å²) in [4.78, 5) is 26.0. The molecule has 2 aromatic heterocycles. The molecule has 0 spiro atoms. The lowest BCUT2D eigenvalue weighted by Gasteiger charge is -2.14. The van der Waals surface area contributed by atoms with Gasteiger partial charge in [0.1, 0.15) is 24.6 Å². The highest BCUT2D eigenvalue weighted by Gasteiger charge is 2.16. The summed E-state index contributed by atoms with van der Waals surface area (Å²) in [5.41, 5.74) is 10.6. The number of para-hydroxylation sites is 2. The summed E-state index contributed by atoms with van der Waals surface area (Å²) >= 11 is 0. The van der Waals surface area contributed by atoms with Crippen LogP contribution in [0.1, 0.15) is 21.5 Å². The lowest BCUT2D eigenvalue weighted by Crippen LogP contribution is -2.13. The van der Waals surface area contributed by atoms with E-state index < -0.39 is 6.67 Å². The minimum atomic E-state index is -0.596. The fourth-order valence-electron chi connectivity index (χ4n) is 3.78. The zero-order valence-electron chi connectivity index (χ0n) is 18.9. The van der Waals surface area contributed by atoms with Gasteiger partial charge in [-0.25, -0.2) is 19.3 Å². The molecule has 5 rings (SSSR count). The molecule has 0 radical (unpaired) electrons. The number of hydrogen-bond acceptors (Lipinski definition) is 6. The predicted octanol–water partition coefficient (Wildman–Crippen LogP) is 5.17. The first kappa shape index (κ1) is 22.0. The van der Waals surface area contributed by atoms with E-state index in [4.69, 9.17) is 10.7 Å². The van der Waals surface area contributed by atoms with Crippen molar-refractivity contribution in [1.82, 2.24) is 19.5 Å². The van der Waals surface area contributed by atoms with Crippen molar-refractivity contribution in [2.45, 2.75) is 13.6 Å². The molecule has 0 fully saturated rings. The van der Waals surface area contributed by atoms with E-state index in [1.54, 1.807) is 42.5 Å². The van der Waals surface area contributed by atoms with Gasteiger partial charge in [0.15, 0.2) is 0 Å². The van der Waals surface area contributed by atoms with Crippen LogP contribution in [0.5, 0.6) is 0 Å². The molecule has 1 amide bonds. The normalized spacial score (nSPS) is 10.9. The minimum absolute atomic E-state index is 0.305. The van der Waals surface area contributed by atoms with E-state index in [0.29, 0.717) is 40.1 Å². The highest BCUT2D eigenvalue weighted by molar-refractivity contribution is 6.05. The number of halogens is 1. The van der Waals surface area contributed by atoms with E-state index in [0.717, 1.165) is 16.6 Å². The van der Waals surface area contributed by atoms with Crippen LogP contribution in [0.25, 0.3) is 16.9 Å². The molecule has 0 aliphatic carbocycles. The Morgan fingerprint density at radius 3 is 2.71 bits per heavy atom. The Morgan fingerprint density at radius 1 is 1.03 bits per heavy atom. The molecule has 0 bridgehead atoms. The molecule has 174 valence electrons. The molecule has 3 aromatic carbocycles. The maximum Gasteiger partial charge on any atom is 0.255 e. The molecule has 0 aliphatic heterocycles. The standard InChI is InChI=1S/C26H22FN7O/c1-16-9-10-18(25(35)31-19-6-4-5-17(11-19)14-27)12-21(16)33-26-32-20-7-2-3-8-22(20)34(26)24-13-23(28)29-15-30-24/h2-13,15H,14H2,1H3,(H,31,35)(H,32,33)(H2,28,29,30). The van der Waals surface area contributed by atoms with E-state index in [1.807, 2.05) is 41.8 Å². The summed E-state index contributed by atoms with van der Waals surface area (Å²) in [6, 6.07) is 21.4. The number of carbonyl (C=O) groups excluding carboxylic acids is 1. The summed E-state index contributed by atoms with van der Waals surface area (Å²) < 4.78 is 14.8. The van der Waals surface area contributed by atoms with Crippen LogP contribution in [0, 0.1) is 6.92 Å². The Bertz CT molecular complexity index is 1550. The number of fused-ring (bicyclic) bond motifs is 1. The van der Waals surface area contributed by atoms with Crippen LogP contribution < -0.4 is 16.4 Å². The fraction of sp³-hybridized carbons (Fsp3) is 0.0769. The van der Waals surface area contributed by atoms with Crippen molar-refractivity contribution >= 4 is 40.1 Å². The monoisotopic (exact) mass is 467 g/mol. The number of nitrogens with two attached hydrogens (primary N) is 1. The molecule has 2 heterocycles. The van der Waals surface area contributed by atoms with Crippen molar-refractivity contribution in [1.29, 1.82) is 0 Å². The first-order valence-electron chi connectivity index (χ1n) is 10.9. The Labute approximate surface area is 200 Å². The Kier molecular flexibility index (Phi) is 5.80. The first-order chi connectivity index (χ1) is 17.0. The van der Waals surface area contributed by atoms with Gasteiger partial charge in [-0.15, -0.1) is 0 Å². The second-order valence-electron chi connectivity index (χ2n) is 8.00. The van der Waals surface area contributed by atoms with Gasteiger partial charge in [-0.1, -0.05) is 30.3 Å². The summed E-state index contributed by atoms with van der Waals surface area (Å²) in [5.74, 6) is 1.11. The number of anilines is 4. The molecule has 8 nitrogen and oxygen atoms in total. The van der Waals surface area contributed by atoms with Crippen LogP contribution in [-0.2, 0) is 6.67 Å². The number of alkyl halides is 1. The lowest BCUT2D eigenvalue weighted by atomic mass is 10.1. The zero-order valence-corrected chi connectivity index (χ0v) is 18.9. The number of hydrogen-bond donors (Lipinski definition) is 3. The average Bonchev–Trinajstić information content (AvgIpc) is 3.23. The Balaban J connectivity index is 1.50. The number of rotatable bonds is 6. The number of amides is 1. The molecule has 0 saturated carbocycles. The van der Waals surface area contributed by atoms with E-state index in [9.17, 15) is 9.18 Å². The van der Waals surface area contributed by atoms with Crippen LogP contribution in [0.3, 0.4) is 0 Å². The highest BCUT2D eigenvalue weighted by atomic mass is 19.1. The van der Waals surface area contributed by atoms with E-state index >= 15 is 0 Å². The number of aryl methyl sites for hydroxylation is 1. The summed E-state index contributed by atoms with van der Waals surface area (Å²) in [6.07, 6.45) is 1.40. The Hall–Kier alpha value is -4.79. The molecular weight excluding hydrogens is 445 g/mol. The smallest absolute Gasteiger partial charge is 0.255 e. The van der Waals surface area contributed by atoms with Crippen molar-refractivity contribution in [3.8, 4) is 5.82 Å². The average molecular weight is 468 g/mol. The molecule has 0 saturated heterocycles. The molecule has 4 N–H and O–H groups in total. The number of aromatic nitrogens is 4. The number of nitrogens with one attached hydrogen (secondary N) is 2. The van der Waals surface area contributed by atoms with Crippen LogP contribution in [0.4, 0.5) is 27.5 Å². The van der Waals surface area contributed by atoms with Crippen molar-refractivity contribution in [2.75, 3.05) is 16.4 Å². The van der Waals surface area contributed by atoms with Gasteiger partial charge in [0.05, 0.1) is 11.0 Å². The first-order valence-corrected chi connectivity index (χ1v) is 10.9. The Morgan fingerprint density at radius 2 is 1.89 bits per heavy atom. The number of imidazole rings is 1. The molecule has 0 unspecified atom stereocenters. The van der Waals surface area contributed by atoms with Crippen LogP contribution >= 0.6 is 0 Å². The minimum Gasteiger partial charge on any atom is -0.384 e. The molecule has 9 heteroatoms. The third kappa shape index (κ3) is 4.51. The van der Waals surface area contributed by atoms with E-state index in [2.05, 4.69) is 20.6 Å². The predicted molar refractivity (Wildman–Crippen MR) is 135 cm³/mol. The molecule has 0 atom stereocenters. The number of nitrogen functional groups attached to an aromatic ring is 1. The van der Waals surface area contributed by atoms with E-state index in [-0.39, 0.29) is 5.91 Å². The quantitative estimate of drug-likeness (QED) is 0.318. The SMILES string of the molecule is Cc1ccc(C(=O)Nc2cccc(CF)c2)cc1Nc1nc2ccccc2n1-c1cc(N)ncn1. The lowest BCUT2D eigenvalue weighted by molar-refractivity contribution is 0.102. The highest BCUT2D eigenvalue weighted by Crippen LogP contribution is 2.28. The van der Waals surface area contributed by atoms with Gasteiger partial charge >= 0.3 is 0 Å². The number of benzene rings is 3. The molecule has 35 heavy (non-hydrogen) atoms. The fourth-order valence-corrected chi connectivity index (χ4v) is 3.78. The third-order valence-corrected chi connectivity index (χ3v) is 5.55. The molecular formula is C26H22FN7O. The maximum absolute atomic E-state index is 13.0. The van der Waals surface area contributed by atoms with Gasteiger partial charge in [0.2, 0.25) is 5.95 Å². The zero-order chi connectivity index (χ0) is 24.4. The summed E-state index contributed by atoms with van der Waals surface area (Å²) in [5, 5.41) is 6.17. The largest absolute Gasteiger partial charge is 0.384 e. The van der Waals surface area contributed by atoms with Crippen LogP contribution in [0.2, 0.25) is 0 Å². The third-order valence-electron chi connectivity index (χ3n) is 5.55. The van der Waals surface area contributed by atoms with Crippen LogP contribution in [0.15, 0.2) is 79.1 Å². The van der Waals surface area contributed by atoms with Gasteiger partial charge < -0.3 is 16.4 Å². The van der Waals surface area contributed by atoms with Crippen molar-refractivity contribution in [3.63, 3.8) is 0 Å². The maximum atomic E-state index is 13.0. The van der Waals surface area contributed by atoms with Crippen LogP contribution in [-0.4, -0.2) is 25.4 Å². The number of nitrogens with zero attached hydrogens (tertiary/aromatic N) is 4. The summed E-state index contributed by atoms with van der Waals surface area (Å²) in [7, 11) is 0. The van der Waals surface area contributed by atoms with Gasteiger partial charge in [0.25, 0.3) is 5.91 Å². The van der Waals surface area contributed by atoms with E-state index in [1.165, 1.54) is 6.33 Å². The van der Waals surface area contributed by atoms with Gasteiger partial charge in [0, 0.05) is 23.0 Å². The second-order valence-corrected chi connectivity index (χ2v) is 8.00. The summed E-state index contributed by atoms with van der Waals surface area (Å²) in [6.45, 7) is 1.34. The van der Waals surface area contributed by atoms with Gasteiger partial charge in [-0.05, 0) is 54.4 Å². The van der Waals surface area contributed by atoms with Crippen molar-refractivity contribution in [2.24, 2.45) is 0 Å². The molecule has 5 aromatic rings.